The predicted molar refractivity (Wildman–Crippen MR) is 179 cm³/mol. The number of hydrogen-bond acceptors (Lipinski definition) is 8. The van der Waals surface area contributed by atoms with Crippen LogP contribution in [-0.2, 0) is 22.6 Å². The molecule has 3 amide bonds. The van der Waals surface area contributed by atoms with Crippen molar-refractivity contribution in [2.75, 3.05) is 48.9 Å². The summed E-state index contributed by atoms with van der Waals surface area (Å²) in [4.78, 5) is 48.9. The molecule has 1 unspecified atom stereocenters. The zero-order valence-corrected chi connectivity index (χ0v) is 26.4. The number of aromatic nitrogens is 1. The quantitative estimate of drug-likeness (QED) is 0.281. The van der Waals surface area contributed by atoms with Gasteiger partial charge in [0.25, 0.3) is 5.91 Å². The smallest absolute Gasteiger partial charge is 0.259 e. The van der Waals surface area contributed by atoms with Gasteiger partial charge in [-0.2, -0.15) is 0 Å². The number of carbonyl (C=O) groups excluding carboxylic acids is 3. The van der Waals surface area contributed by atoms with Crippen molar-refractivity contribution in [1.82, 2.24) is 15.2 Å². The van der Waals surface area contributed by atoms with Crippen LogP contribution >= 0.6 is 0 Å². The molecule has 10 nitrogen and oxygen atoms in total. The van der Waals surface area contributed by atoms with Crippen LogP contribution in [0.4, 0.5) is 17.2 Å². The first-order valence-electron chi connectivity index (χ1n) is 15.8. The minimum absolute atomic E-state index is 0.186. The second kappa shape index (κ2) is 12.1. The summed E-state index contributed by atoms with van der Waals surface area (Å²) in [6, 6.07) is 20.2. The molecule has 46 heavy (non-hydrogen) atoms. The summed E-state index contributed by atoms with van der Waals surface area (Å²) >= 11 is 0. The number of nitrogens with one attached hydrogen (secondary N) is 2. The van der Waals surface area contributed by atoms with Crippen LogP contribution in [0.3, 0.4) is 0 Å². The van der Waals surface area contributed by atoms with Gasteiger partial charge in [0.1, 0.15) is 6.04 Å². The number of hydrogen-bond donors (Lipinski definition) is 2. The van der Waals surface area contributed by atoms with Gasteiger partial charge in [-0.15, -0.1) is 0 Å². The lowest BCUT2D eigenvalue weighted by Crippen LogP contribution is -2.53. The number of pyridine rings is 1. The average molecular weight is 619 g/mol. The van der Waals surface area contributed by atoms with Gasteiger partial charge >= 0.3 is 0 Å². The van der Waals surface area contributed by atoms with E-state index in [0.29, 0.717) is 12.0 Å². The van der Waals surface area contributed by atoms with Gasteiger partial charge < -0.3 is 15.0 Å². The molecule has 0 spiro atoms. The van der Waals surface area contributed by atoms with E-state index >= 15 is 0 Å². The Kier molecular flexibility index (Phi) is 7.82. The van der Waals surface area contributed by atoms with E-state index in [0.717, 1.165) is 71.9 Å². The molecule has 2 saturated heterocycles. The van der Waals surface area contributed by atoms with E-state index in [2.05, 4.69) is 62.7 Å². The second-order valence-corrected chi connectivity index (χ2v) is 12.4. The Bertz CT molecular complexity index is 1840. The van der Waals surface area contributed by atoms with Crippen LogP contribution in [0.15, 0.2) is 66.9 Å². The van der Waals surface area contributed by atoms with Crippen LogP contribution in [0, 0.1) is 0 Å². The normalized spacial score (nSPS) is 19.9. The topological polar surface area (TPSA) is 107 Å². The monoisotopic (exact) mass is 618 g/mol. The number of methoxy groups -OCH3 is 1. The van der Waals surface area contributed by atoms with E-state index in [1.807, 2.05) is 43.6 Å². The van der Waals surface area contributed by atoms with Gasteiger partial charge in [-0.25, -0.2) is 4.98 Å². The number of piperidine rings is 1. The molecule has 0 saturated carbocycles. The maximum Gasteiger partial charge on any atom is 0.259 e. The summed E-state index contributed by atoms with van der Waals surface area (Å²) in [5, 5.41) is 7.41. The van der Waals surface area contributed by atoms with Crippen molar-refractivity contribution in [2.24, 2.45) is 0 Å². The van der Waals surface area contributed by atoms with Gasteiger partial charge in [0, 0.05) is 62.7 Å². The zero-order valence-electron chi connectivity index (χ0n) is 26.4. The fourth-order valence-corrected chi connectivity index (χ4v) is 7.13. The zero-order chi connectivity index (χ0) is 31.9. The molecule has 2 fully saturated rings. The molecule has 4 heterocycles. The average Bonchev–Trinajstić information content (AvgIpc) is 3.35. The number of anilines is 3. The number of benzene rings is 3. The van der Waals surface area contributed by atoms with Gasteiger partial charge in [0.2, 0.25) is 11.8 Å². The van der Waals surface area contributed by atoms with Gasteiger partial charge in [-0.05, 0) is 54.0 Å². The number of amides is 3. The number of ether oxygens (including phenoxy) is 1. The Hall–Kier alpha value is -4.96. The van der Waals surface area contributed by atoms with E-state index < -0.39 is 11.9 Å². The van der Waals surface area contributed by atoms with Gasteiger partial charge in [-0.1, -0.05) is 42.5 Å². The lowest BCUT2D eigenvalue weighted by Gasteiger charge is -2.41. The molecule has 3 aliphatic heterocycles. The Labute approximate surface area is 268 Å². The summed E-state index contributed by atoms with van der Waals surface area (Å²) < 4.78 is 5.65. The molecule has 7 rings (SSSR count). The second-order valence-electron chi connectivity index (χ2n) is 12.4. The van der Waals surface area contributed by atoms with Gasteiger partial charge in [0.05, 0.1) is 24.7 Å². The Balaban J connectivity index is 1.03. The Morgan fingerprint density at radius 3 is 2.57 bits per heavy atom. The molecule has 2 N–H and O–H groups in total. The van der Waals surface area contributed by atoms with Crippen molar-refractivity contribution >= 4 is 45.7 Å². The number of carbonyl (C=O) groups is 3. The molecule has 3 aromatic carbocycles. The highest BCUT2D eigenvalue weighted by Crippen LogP contribution is 2.41. The van der Waals surface area contributed by atoms with Crippen LogP contribution < -0.4 is 25.2 Å². The first-order chi connectivity index (χ1) is 22.3. The van der Waals surface area contributed by atoms with Crippen LogP contribution in [0.1, 0.15) is 46.8 Å². The van der Waals surface area contributed by atoms with Crippen LogP contribution in [0.2, 0.25) is 0 Å². The summed E-state index contributed by atoms with van der Waals surface area (Å²) in [6.07, 6.45) is 3.12. The number of piperazine rings is 1. The molecule has 10 heteroatoms. The van der Waals surface area contributed by atoms with Crippen molar-refractivity contribution in [3.8, 4) is 5.75 Å². The molecule has 1 aromatic heterocycles. The molecule has 0 bridgehead atoms. The van der Waals surface area contributed by atoms with Crippen LogP contribution in [0.5, 0.6) is 5.75 Å². The van der Waals surface area contributed by atoms with Crippen molar-refractivity contribution in [1.29, 1.82) is 0 Å². The number of rotatable bonds is 8. The highest BCUT2D eigenvalue weighted by Gasteiger charge is 2.40. The van der Waals surface area contributed by atoms with Gasteiger partial charge in [0.15, 0.2) is 11.6 Å². The number of imide groups is 1. The van der Waals surface area contributed by atoms with E-state index in [1.165, 1.54) is 11.1 Å². The molecular formula is C36H38N6O4. The first kappa shape index (κ1) is 29.7. The van der Waals surface area contributed by atoms with Crippen molar-refractivity contribution in [3.05, 3.63) is 89.1 Å². The standard InChI is InChI=1S/C36H38N6O4/c1-22-20-40(15-16-41(22)34-31(46-3)18-26(37-2)19-38-34)21-24-9-7-23(8-10-24)17-25-11-12-29-33-27(25)5-4-6-28(33)36(45)42(29)30-13-14-32(43)39-35(30)44/h4-12,18-19,22,30,37H,13-17,20-21H2,1-3H3,(H,39,43,44)/t22-,30?/m0/s1. The lowest BCUT2D eigenvalue weighted by atomic mass is 9.95. The fraction of sp³-hybridized carbons (Fsp3) is 0.333. The minimum atomic E-state index is -0.686. The van der Waals surface area contributed by atoms with Gasteiger partial charge in [-0.3, -0.25) is 29.5 Å². The maximum atomic E-state index is 13.5. The van der Waals surface area contributed by atoms with Crippen molar-refractivity contribution in [2.45, 2.75) is 44.8 Å². The lowest BCUT2D eigenvalue weighted by molar-refractivity contribution is -0.134. The summed E-state index contributed by atoms with van der Waals surface area (Å²) in [6.45, 7) is 5.84. The van der Waals surface area contributed by atoms with E-state index in [-0.39, 0.29) is 24.3 Å². The predicted octanol–water partition coefficient (Wildman–Crippen LogP) is 4.35. The molecular weight excluding hydrogens is 580 g/mol. The summed E-state index contributed by atoms with van der Waals surface area (Å²) in [5.74, 6) is 0.770. The molecule has 4 aromatic rings. The fourth-order valence-electron chi connectivity index (χ4n) is 7.13. The highest BCUT2D eigenvalue weighted by atomic mass is 16.5. The largest absolute Gasteiger partial charge is 0.493 e. The third-order valence-electron chi connectivity index (χ3n) is 9.49. The minimum Gasteiger partial charge on any atom is -0.493 e. The molecule has 0 radical (unpaired) electrons. The molecule has 2 atom stereocenters. The molecule has 236 valence electrons. The SMILES string of the molecule is CNc1cnc(N2CCN(Cc3ccc(Cc4ccc5c6c(cccc46)C(=O)N5C4CCC(=O)NC4=O)cc3)C[C@@H]2C)c(OC)c1. The highest BCUT2D eigenvalue weighted by molar-refractivity contribution is 6.27. The maximum absolute atomic E-state index is 13.5. The summed E-state index contributed by atoms with van der Waals surface area (Å²) in [5.41, 5.74) is 5.86. The van der Waals surface area contributed by atoms with Crippen molar-refractivity contribution in [3.63, 3.8) is 0 Å². The third kappa shape index (κ3) is 5.32. The van der Waals surface area contributed by atoms with E-state index in [4.69, 9.17) is 4.74 Å². The first-order valence-corrected chi connectivity index (χ1v) is 15.8. The van der Waals surface area contributed by atoms with E-state index in [9.17, 15) is 14.4 Å². The van der Waals surface area contributed by atoms with Crippen molar-refractivity contribution < 1.29 is 19.1 Å². The van der Waals surface area contributed by atoms with Crippen LogP contribution in [0.25, 0.3) is 10.8 Å². The summed E-state index contributed by atoms with van der Waals surface area (Å²) in [7, 11) is 3.56. The molecule has 0 aliphatic carbocycles. The Morgan fingerprint density at radius 1 is 1.02 bits per heavy atom. The number of nitrogens with zero attached hydrogens (tertiary/aromatic N) is 4. The van der Waals surface area contributed by atoms with Crippen LogP contribution in [-0.4, -0.2) is 73.5 Å². The molecule has 3 aliphatic rings. The third-order valence-corrected chi connectivity index (χ3v) is 9.49. The Morgan fingerprint density at radius 2 is 1.83 bits per heavy atom. The van der Waals surface area contributed by atoms with E-state index in [1.54, 1.807) is 12.0 Å².